The van der Waals surface area contributed by atoms with Gasteiger partial charge in [-0.2, -0.15) is 0 Å². The van der Waals surface area contributed by atoms with Gasteiger partial charge in [0.1, 0.15) is 0 Å². The average molecular weight is 305 g/mol. The molecule has 126 valence electrons. The molecule has 2 aliphatic rings. The van der Waals surface area contributed by atoms with Crippen molar-refractivity contribution in [2.45, 2.75) is 83.7 Å². The Kier molecular flexibility index (Phi) is 8.30. The Labute approximate surface area is 138 Å². The minimum absolute atomic E-state index is 0.521. The molecule has 0 amide bonds. The fraction of sp³-hybridized carbons (Fsp3) is 0.810. The maximum Gasteiger partial charge on any atom is 0.0571 e. The fourth-order valence-corrected chi connectivity index (χ4v) is 3.95. The number of methoxy groups -OCH3 is 1. The van der Waals surface area contributed by atoms with Crippen LogP contribution >= 0.6 is 0 Å². The SMILES string of the molecule is CCCCCCC1C=CC(/C=C/C2CCC(OC)CC2)CC1. The lowest BCUT2D eigenvalue weighted by atomic mass is 9.83. The summed E-state index contributed by atoms with van der Waals surface area (Å²) in [6.45, 7) is 2.29. The van der Waals surface area contributed by atoms with E-state index in [1.807, 2.05) is 7.11 Å². The van der Waals surface area contributed by atoms with Gasteiger partial charge in [0.15, 0.2) is 0 Å². The molecule has 0 bridgehead atoms. The van der Waals surface area contributed by atoms with Gasteiger partial charge in [0.25, 0.3) is 0 Å². The van der Waals surface area contributed by atoms with E-state index in [1.54, 1.807) is 0 Å². The van der Waals surface area contributed by atoms with Gasteiger partial charge in [-0.05, 0) is 62.7 Å². The van der Waals surface area contributed by atoms with Crippen molar-refractivity contribution in [2.24, 2.45) is 17.8 Å². The van der Waals surface area contributed by atoms with Gasteiger partial charge in [-0.15, -0.1) is 0 Å². The topological polar surface area (TPSA) is 9.23 Å². The van der Waals surface area contributed by atoms with Crippen LogP contribution in [0.2, 0.25) is 0 Å². The molecule has 0 aromatic rings. The summed E-state index contributed by atoms with van der Waals surface area (Å²) in [5.41, 5.74) is 0. The molecule has 22 heavy (non-hydrogen) atoms. The van der Waals surface area contributed by atoms with E-state index in [0.29, 0.717) is 12.0 Å². The molecule has 0 N–H and O–H groups in total. The zero-order chi connectivity index (χ0) is 15.6. The van der Waals surface area contributed by atoms with Gasteiger partial charge in [-0.25, -0.2) is 0 Å². The van der Waals surface area contributed by atoms with Crippen molar-refractivity contribution in [1.82, 2.24) is 0 Å². The summed E-state index contributed by atoms with van der Waals surface area (Å²) < 4.78 is 5.46. The van der Waals surface area contributed by atoms with E-state index >= 15 is 0 Å². The van der Waals surface area contributed by atoms with E-state index in [-0.39, 0.29) is 0 Å². The second-order valence-corrected chi connectivity index (χ2v) is 7.39. The molecule has 2 aliphatic carbocycles. The molecule has 0 spiro atoms. The molecule has 0 aliphatic heterocycles. The van der Waals surface area contributed by atoms with Crippen molar-refractivity contribution in [3.63, 3.8) is 0 Å². The van der Waals surface area contributed by atoms with Crippen LogP contribution in [0.1, 0.15) is 77.6 Å². The largest absolute Gasteiger partial charge is 0.381 e. The van der Waals surface area contributed by atoms with Crippen LogP contribution in [0, 0.1) is 17.8 Å². The molecule has 0 aromatic heterocycles. The van der Waals surface area contributed by atoms with Crippen molar-refractivity contribution in [3.05, 3.63) is 24.3 Å². The van der Waals surface area contributed by atoms with Gasteiger partial charge < -0.3 is 4.74 Å². The third-order valence-electron chi connectivity index (χ3n) is 5.61. The van der Waals surface area contributed by atoms with E-state index in [9.17, 15) is 0 Å². The summed E-state index contributed by atoms with van der Waals surface area (Å²) in [7, 11) is 1.85. The van der Waals surface area contributed by atoms with Gasteiger partial charge >= 0.3 is 0 Å². The maximum absolute atomic E-state index is 5.46. The quantitative estimate of drug-likeness (QED) is 0.377. The number of ether oxygens (including phenoxy) is 1. The van der Waals surface area contributed by atoms with E-state index in [1.165, 1.54) is 70.6 Å². The third-order valence-corrected chi connectivity index (χ3v) is 5.61. The zero-order valence-corrected chi connectivity index (χ0v) is 14.8. The van der Waals surface area contributed by atoms with Gasteiger partial charge in [-0.3, -0.25) is 0 Å². The van der Waals surface area contributed by atoms with Crippen LogP contribution in [0.5, 0.6) is 0 Å². The number of allylic oxidation sites excluding steroid dienone is 4. The molecule has 0 radical (unpaired) electrons. The highest BCUT2D eigenvalue weighted by atomic mass is 16.5. The molecule has 2 rings (SSSR count). The van der Waals surface area contributed by atoms with Crippen molar-refractivity contribution in [2.75, 3.05) is 7.11 Å². The van der Waals surface area contributed by atoms with Crippen LogP contribution in [0.25, 0.3) is 0 Å². The molecular weight excluding hydrogens is 268 g/mol. The monoisotopic (exact) mass is 304 g/mol. The summed E-state index contributed by atoms with van der Waals surface area (Å²) in [6, 6.07) is 0. The van der Waals surface area contributed by atoms with Gasteiger partial charge in [-0.1, -0.05) is 56.9 Å². The van der Waals surface area contributed by atoms with Crippen molar-refractivity contribution >= 4 is 0 Å². The fourth-order valence-electron chi connectivity index (χ4n) is 3.95. The first-order chi connectivity index (χ1) is 10.8. The highest BCUT2D eigenvalue weighted by molar-refractivity contribution is 5.07. The molecule has 1 nitrogen and oxygen atoms in total. The Hall–Kier alpha value is -0.560. The van der Waals surface area contributed by atoms with Crippen LogP contribution in [-0.2, 0) is 4.74 Å². The summed E-state index contributed by atoms with van der Waals surface area (Å²) in [5.74, 6) is 2.36. The van der Waals surface area contributed by atoms with Crippen LogP contribution < -0.4 is 0 Å². The smallest absolute Gasteiger partial charge is 0.0571 e. The number of hydrogen-bond acceptors (Lipinski definition) is 1. The highest BCUT2D eigenvalue weighted by Gasteiger charge is 2.19. The summed E-state index contributed by atoms with van der Waals surface area (Å²) in [4.78, 5) is 0. The third kappa shape index (κ3) is 6.28. The molecule has 1 saturated carbocycles. The standard InChI is InChI=1S/C21H36O/c1-3-4-5-6-7-18-8-10-19(11-9-18)12-13-20-14-16-21(22-2)17-15-20/h8,10,12-13,18-21H,3-7,9,11,14-17H2,1-2H3/b13-12+. The second kappa shape index (κ2) is 10.3. The van der Waals surface area contributed by atoms with Crippen molar-refractivity contribution in [1.29, 1.82) is 0 Å². The van der Waals surface area contributed by atoms with Crippen molar-refractivity contribution < 1.29 is 4.74 Å². The predicted octanol–water partition coefficient (Wildman–Crippen LogP) is 6.30. The first-order valence-electron chi connectivity index (χ1n) is 9.71. The number of hydrogen-bond donors (Lipinski definition) is 0. The van der Waals surface area contributed by atoms with Gasteiger partial charge in [0, 0.05) is 7.11 Å². The molecule has 2 atom stereocenters. The van der Waals surface area contributed by atoms with Crippen LogP contribution in [0.3, 0.4) is 0 Å². The minimum Gasteiger partial charge on any atom is -0.381 e. The zero-order valence-electron chi connectivity index (χ0n) is 14.8. The van der Waals surface area contributed by atoms with Gasteiger partial charge in [0.05, 0.1) is 6.10 Å². The predicted molar refractivity (Wildman–Crippen MR) is 96.0 cm³/mol. The average Bonchev–Trinajstić information content (AvgIpc) is 2.58. The summed E-state index contributed by atoms with van der Waals surface area (Å²) >= 11 is 0. The summed E-state index contributed by atoms with van der Waals surface area (Å²) in [6.07, 6.45) is 25.4. The summed E-state index contributed by atoms with van der Waals surface area (Å²) in [5, 5.41) is 0. The van der Waals surface area contributed by atoms with Crippen LogP contribution in [0.4, 0.5) is 0 Å². The Balaban J connectivity index is 1.64. The van der Waals surface area contributed by atoms with E-state index < -0.39 is 0 Å². The lowest BCUT2D eigenvalue weighted by molar-refractivity contribution is 0.0626. The Bertz CT molecular complexity index is 336. The van der Waals surface area contributed by atoms with Gasteiger partial charge in [0.2, 0.25) is 0 Å². The minimum atomic E-state index is 0.521. The first kappa shape index (κ1) is 17.8. The molecule has 1 fully saturated rings. The highest BCUT2D eigenvalue weighted by Crippen LogP contribution is 2.30. The molecule has 0 heterocycles. The lowest BCUT2D eigenvalue weighted by Crippen LogP contribution is -2.19. The molecule has 1 heteroatoms. The molecular formula is C21H36O. The van der Waals surface area contributed by atoms with E-state index in [4.69, 9.17) is 4.74 Å². The normalized spacial score (nSPS) is 32.6. The van der Waals surface area contributed by atoms with Crippen LogP contribution in [-0.4, -0.2) is 13.2 Å². The number of unbranched alkanes of at least 4 members (excludes halogenated alkanes) is 3. The molecule has 2 unspecified atom stereocenters. The molecule has 0 aromatic carbocycles. The Morgan fingerprint density at radius 1 is 0.909 bits per heavy atom. The second-order valence-electron chi connectivity index (χ2n) is 7.39. The Morgan fingerprint density at radius 2 is 1.73 bits per heavy atom. The Morgan fingerprint density at radius 3 is 2.36 bits per heavy atom. The number of rotatable bonds is 8. The molecule has 0 saturated heterocycles. The maximum atomic E-state index is 5.46. The van der Waals surface area contributed by atoms with E-state index in [2.05, 4.69) is 31.2 Å². The first-order valence-corrected chi connectivity index (χ1v) is 9.71. The van der Waals surface area contributed by atoms with Crippen LogP contribution in [0.15, 0.2) is 24.3 Å². The van der Waals surface area contributed by atoms with E-state index in [0.717, 1.165) is 11.8 Å². The lowest BCUT2D eigenvalue weighted by Gasteiger charge is -2.26. The van der Waals surface area contributed by atoms with Crippen molar-refractivity contribution in [3.8, 4) is 0 Å².